The van der Waals surface area contributed by atoms with Gasteiger partial charge in [-0.05, 0) is 66.4 Å². The van der Waals surface area contributed by atoms with Crippen molar-refractivity contribution >= 4 is 63.9 Å². The van der Waals surface area contributed by atoms with Gasteiger partial charge in [0.05, 0.1) is 31.5 Å². The Balaban J connectivity index is 0.000000853. The topological polar surface area (TPSA) is 229 Å². The highest BCUT2D eigenvalue weighted by atomic mass is 79.9. The summed E-state index contributed by atoms with van der Waals surface area (Å²) in [5, 5.41) is 27.5. The fraction of sp³-hybridized carbons (Fsp3) is 0.357. The first kappa shape index (κ1) is 34.4. The lowest BCUT2D eigenvalue weighted by atomic mass is 10.1. The average molecular weight is 687 g/mol. The number of fused-ring (bicyclic) bond motifs is 1. The highest BCUT2D eigenvalue weighted by Crippen LogP contribution is 2.29. The van der Waals surface area contributed by atoms with Crippen LogP contribution >= 0.6 is 15.9 Å². The lowest BCUT2D eigenvalue weighted by molar-refractivity contribution is -0.676. The minimum atomic E-state index is -0.500. The number of imidazole rings is 1. The van der Waals surface area contributed by atoms with E-state index in [-0.39, 0.29) is 24.3 Å². The zero-order valence-electron chi connectivity index (χ0n) is 24.9. The predicted molar refractivity (Wildman–Crippen MR) is 168 cm³/mol. The van der Waals surface area contributed by atoms with Crippen molar-refractivity contribution in [2.24, 2.45) is 5.73 Å². The summed E-state index contributed by atoms with van der Waals surface area (Å²) in [6.07, 6.45) is 8.07. The number of aromatic nitrogens is 6. The molecule has 1 saturated heterocycles. The number of carbonyl (C=O) groups is 3. The van der Waals surface area contributed by atoms with Crippen LogP contribution in [0, 0.1) is 5.41 Å². The number of nitrogens with two attached hydrogens (primary N) is 2. The molecule has 1 aliphatic heterocycles. The Labute approximate surface area is 267 Å². The minimum Gasteiger partial charge on any atom is -0.554 e. The summed E-state index contributed by atoms with van der Waals surface area (Å²) in [5.74, 6) is 1.61. The number of nitrogens with one attached hydrogen (secondary N) is 1. The molecule has 0 saturated carbocycles. The van der Waals surface area contributed by atoms with E-state index in [0.29, 0.717) is 17.0 Å². The molecule has 16 nitrogen and oxygen atoms in total. The number of piperidine rings is 1. The number of hydrogen-bond acceptors (Lipinski definition) is 9. The van der Waals surface area contributed by atoms with Gasteiger partial charge < -0.3 is 31.4 Å². The first-order valence-electron chi connectivity index (χ1n) is 14.0. The molecule has 6 N–H and O–H groups in total. The maximum atomic E-state index is 12.2. The summed E-state index contributed by atoms with van der Waals surface area (Å²) in [4.78, 5) is 40.7. The van der Waals surface area contributed by atoms with Gasteiger partial charge in [0.15, 0.2) is 28.6 Å². The number of benzene rings is 1. The van der Waals surface area contributed by atoms with E-state index in [9.17, 15) is 4.79 Å². The Bertz CT molecular complexity index is 1630. The fourth-order valence-electron chi connectivity index (χ4n) is 5.40. The number of nitrogen functional groups attached to an aromatic ring is 1. The molecule has 0 atom stereocenters. The van der Waals surface area contributed by atoms with Crippen molar-refractivity contribution < 1.29 is 29.2 Å². The van der Waals surface area contributed by atoms with Gasteiger partial charge in [0.25, 0.3) is 12.3 Å². The van der Waals surface area contributed by atoms with Gasteiger partial charge >= 0.3 is 0 Å². The number of carbonyl (C=O) groups excluding carboxylic acids is 2. The molecule has 240 valence electrons. The zero-order valence-corrected chi connectivity index (χ0v) is 26.5. The molecule has 0 spiro atoms. The number of rotatable bonds is 8. The van der Waals surface area contributed by atoms with Crippen molar-refractivity contribution in [1.29, 1.82) is 5.41 Å². The lowest BCUT2D eigenvalue weighted by Crippen LogP contribution is -2.42. The van der Waals surface area contributed by atoms with E-state index in [2.05, 4.69) is 78.4 Å². The number of amides is 1. The van der Waals surface area contributed by atoms with E-state index in [1.54, 1.807) is 0 Å². The van der Waals surface area contributed by atoms with Crippen molar-refractivity contribution in [2.45, 2.75) is 52.4 Å². The molecular weight excluding hydrogens is 650 g/mol. The number of halogens is 1. The van der Waals surface area contributed by atoms with Crippen molar-refractivity contribution in [3.63, 3.8) is 0 Å². The van der Waals surface area contributed by atoms with Crippen LogP contribution in [0.15, 0.2) is 41.4 Å². The van der Waals surface area contributed by atoms with Crippen LogP contribution < -0.4 is 26.0 Å². The summed E-state index contributed by atoms with van der Waals surface area (Å²) in [6.45, 7) is 6.72. The van der Waals surface area contributed by atoms with Gasteiger partial charge in [-0.1, -0.05) is 0 Å². The number of likely N-dealkylation sites (tertiary alicyclic amines) is 1. The van der Waals surface area contributed by atoms with Gasteiger partial charge in [-0.15, -0.1) is 0 Å². The molecule has 3 aromatic heterocycles. The van der Waals surface area contributed by atoms with Crippen LogP contribution in [0.25, 0.3) is 22.2 Å². The van der Waals surface area contributed by atoms with Crippen molar-refractivity contribution in [3.05, 3.63) is 47.2 Å². The highest BCUT2D eigenvalue weighted by molar-refractivity contribution is 9.10. The Hall–Kier alpha value is -5.06. The third-order valence-electron chi connectivity index (χ3n) is 7.39. The second-order valence-electron chi connectivity index (χ2n) is 9.76. The Morgan fingerprint density at radius 3 is 2.47 bits per heavy atom. The van der Waals surface area contributed by atoms with Crippen LogP contribution in [-0.4, -0.2) is 72.7 Å². The molecule has 0 unspecified atom stereocenters. The Kier molecular flexibility index (Phi) is 12.3. The predicted octanol–water partition coefficient (Wildman–Crippen LogP) is 0.727. The van der Waals surface area contributed by atoms with Gasteiger partial charge in [0.1, 0.15) is 11.1 Å². The third-order valence-corrected chi connectivity index (χ3v) is 7.77. The van der Waals surface area contributed by atoms with E-state index in [1.165, 1.54) is 11.1 Å². The molecule has 0 aliphatic carbocycles. The van der Waals surface area contributed by atoms with Gasteiger partial charge in [0, 0.05) is 31.3 Å². The molecule has 1 aromatic carbocycles. The summed E-state index contributed by atoms with van der Waals surface area (Å²) in [7, 11) is 0. The Morgan fingerprint density at radius 1 is 1.22 bits per heavy atom. The normalized spacial score (nSPS) is 12.8. The smallest absolute Gasteiger partial charge is 0.290 e. The zero-order chi connectivity index (χ0) is 33.1. The van der Waals surface area contributed by atoms with Gasteiger partial charge in [-0.2, -0.15) is 5.10 Å². The summed E-state index contributed by atoms with van der Waals surface area (Å²) < 4.78 is 6.99. The SMILES string of the molecule is CCn1c(CN(C=O)c2nc(Br)cnc2N)[n+](CC)c2ccc(-c3cnn(C4CCN(C(=N)N)CC4)c3)cc21.O=CO.O=C[O-]. The fourth-order valence-corrected chi connectivity index (χ4v) is 5.67. The van der Waals surface area contributed by atoms with Crippen LogP contribution in [0.3, 0.4) is 0 Å². The second kappa shape index (κ2) is 16.1. The molecular formula is C28H36BrN11O5. The third kappa shape index (κ3) is 7.91. The van der Waals surface area contributed by atoms with Crippen molar-refractivity contribution in [3.8, 4) is 11.1 Å². The first-order valence-corrected chi connectivity index (χ1v) is 14.8. The van der Waals surface area contributed by atoms with E-state index in [1.807, 2.05) is 15.8 Å². The molecule has 1 fully saturated rings. The van der Waals surface area contributed by atoms with Gasteiger partial charge in [0.2, 0.25) is 6.41 Å². The Morgan fingerprint density at radius 2 is 1.89 bits per heavy atom. The molecule has 5 rings (SSSR count). The maximum Gasteiger partial charge on any atom is 0.290 e. The monoisotopic (exact) mass is 685 g/mol. The van der Waals surface area contributed by atoms with Gasteiger partial charge in [-0.3, -0.25) is 24.6 Å². The highest BCUT2D eigenvalue weighted by Gasteiger charge is 2.28. The number of nitrogens with zero attached hydrogens (tertiary/aromatic N) is 8. The van der Waals surface area contributed by atoms with Crippen LogP contribution in [0.4, 0.5) is 11.6 Å². The lowest BCUT2D eigenvalue weighted by Gasteiger charge is -2.32. The molecule has 17 heteroatoms. The number of carboxylic acid groups (broad SMARTS) is 2. The summed E-state index contributed by atoms with van der Waals surface area (Å²) >= 11 is 3.32. The summed E-state index contributed by atoms with van der Waals surface area (Å²) in [6, 6.07) is 6.72. The maximum absolute atomic E-state index is 12.2. The molecule has 1 aliphatic rings. The van der Waals surface area contributed by atoms with Crippen molar-refractivity contribution in [2.75, 3.05) is 23.7 Å². The first-order chi connectivity index (χ1) is 21.7. The van der Waals surface area contributed by atoms with Gasteiger partial charge in [-0.25, -0.2) is 19.1 Å². The quantitative estimate of drug-likeness (QED) is 0.0874. The molecule has 1 amide bonds. The molecule has 0 bridgehead atoms. The largest absolute Gasteiger partial charge is 0.554 e. The van der Waals surface area contributed by atoms with E-state index in [4.69, 9.17) is 36.7 Å². The number of aryl methyl sites for hydroxylation is 2. The van der Waals surface area contributed by atoms with Crippen LogP contribution in [0.2, 0.25) is 0 Å². The second-order valence-corrected chi connectivity index (χ2v) is 10.6. The molecule has 45 heavy (non-hydrogen) atoms. The molecule has 4 aromatic rings. The van der Waals surface area contributed by atoms with E-state index >= 15 is 0 Å². The number of hydrogen-bond donors (Lipinski definition) is 4. The minimum absolute atomic E-state index is 0.134. The van der Waals surface area contributed by atoms with Crippen LogP contribution in [-0.2, 0) is 34.0 Å². The number of anilines is 2. The van der Waals surface area contributed by atoms with Crippen LogP contribution in [0.5, 0.6) is 0 Å². The van der Waals surface area contributed by atoms with E-state index < -0.39 is 6.47 Å². The average Bonchev–Trinajstić information content (AvgIpc) is 3.64. The molecule has 4 heterocycles. The van der Waals surface area contributed by atoms with Crippen molar-refractivity contribution in [1.82, 2.24) is 29.2 Å². The summed E-state index contributed by atoms with van der Waals surface area (Å²) in [5.41, 5.74) is 16.0. The number of guanidine groups is 1. The molecule has 0 radical (unpaired) electrons. The standard InChI is InChI=1S/C26H33BrN11O.2CH2O2/c1-3-36-20-6-5-17(18-12-32-38(14-18)19-7-9-34(10-8-19)26(29)30)11-21(20)37(4-2)23(36)15-35(16-39)25-24(28)31-13-22(27)33-25;2*2-1-3/h5-6,11-14,16,19H,3-4,7-10,15H2,1-2H3,(H2,28,31)(H3,29,30);2*1H,(H,2,3)/q+1;;/p-1. The van der Waals surface area contributed by atoms with E-state index in [0.717, 1.165) is 73.4 Å². The van der Waals surface area contributed by atoms with Crippen LogP contribution in [0.1, 0.15) is 38.6 Å².